The summed E-state index contributed by atoms with van der Waals surface area (Å²) >= 11 is 0. The molecule has 2 aromatic rings. The first-order valence-corrected chi connectivity index (χ1v) is 12.2. The van der Waals surface area contributed by atoms with Gasteiger partial charge in [0.2, 0.25) is 15.9 Å². The number of hydrogen-bond donors (Lipinski definition) is 1. The molecular formula is C23H29N3O4S. The van der Waals surface area contributed by atoms with Crippen LogP contribution in [0.2, 0.25) is 0 Å². The smallest absolute Gasteiger partial charge is 0.244 e. The van der Waals surface area contributed by atoms with Gasteiger partial charge < -0.3 is 10.1 Å². The van der Waals surface area contributed by atoms with Crippen LogP contribution in [0.3, 0.4) is 0 Å². The Morgan fingerprint density at radius 1 is 1.19 bits per heavy atom. The van der Waals surface area contributed by atoms with Crippen LogP contribution in [0.1, 0.15) is 37.7 Å². The van der Waals surface area contributed by atoms with E-state index in [0.717, 1.165) is 43.4 Å². The third-order valence-electron chi connectivity index (χ3n) is 6.70. The van der Waals surface area contributed by atoms with E-state index in [1.165, 1.54) is 10.5 Å². The first-order valence-electron chi connectivity index (χ1n) is 10.8. The highest BCUT2D eigenvalue weighted by Gasteiger charge is 2.53. The molecule has 1 saturated carbocycles. The second kappa shape index (κ2) is 8.96. The highest BCUT2D eigenvalue weighted by molar-refractivity contribution is 7.89. The third kappa shape index (κ3) is 4.32. The maximum atomic E-state index is 13.3. The summed E-state index contributed by atoms with van der Waals surface area (Å²) in [6.45, 7) is 0.941. The van der Waals surface area contributed by atoms with Crippen LogP contribution in [0.15, 0.2) is 53.7 Å². The lowest BCUT2D eigenvalue weighted by Gasteiger charge is -2.37. The molecule has 2 aliphatic rings. The Kier molecular flexibility index (Phi) is 6.29. The van der Waals surface area contributed by atoms with Crippen LogP contribution in [0, 0.1) is 11.3 Å². The summed E-state index contributed by atoms with van der Waals surface area (Å²) in [6.07, 6.45) is 7.86. The third-order valence-corrected chi connectivity index (χ3v) is 8.50. The maximum absolute atomic E-state index is 13.3. The van der Waals surface area contributed by atoms with Crippen molar-refractivity contribution in [2.24, 2.45) is 11.3 Å². The summed E-state index contributed by atoms with van der Waals surface area (Å²) in [5.74, 6) is 0.271. The number of para-hydroxylation sites is 1. The molecule has 1 aromatic heterocycles. The Balaban J connectivity index is 1.55. The van der Waals surface area contributed by atoms with Crippen LogP contribution in [0.4, 0.5) is 0 Å². The van der Waals surface area contributed by atoms with E-state index < -0.39 is 10.0 Å². The number of benzene rings is 1. The summed E-state index contributed by atoms with van der Waals surface area (Å²) in [7, 11) is -2.08. The van der Waals surface area contributed by atoms with Gasteiger partial charge in [-0.05, 0) is 36.5 Å². The van der Waals surface area contributed by atoms with Crippen LogP contribution < -0.4 is 10.1 Å². The summed E-state index contributed by atoms with van der Waals surface area (Å²) in [4.78, 5) is 17.5. The number of hydrogen-bond acceptors (Lipinski definition) is 5. The quantitative estimate of drug-likeness (QED) is 0.742. The van der Waals surface area contributed by atoms with Crippen molar-refractivity contribution in [3.8, 4) is 5.75 Å². The predicted octanol–water partition coefficient (Wildman–Crippen LogP) is 2.98. The number of rotatable bonds is 6. The summed E-state index contributed by atoms with van der Waals surface area (Å²) in [5, 5.41) is 3.05. The topological polar surface area (TPSA) is 88.6 Å². The van der Waals surface area contributed by atoms with E-state index in [9.17, 15) is 13.2 Å². The zero-order chi connectivity index (χ0) is 21.9. The number of methoxy groups -OCH3 is 1. The van der Waals surface area contributed by atoms with Crippen LogP contribution in [0.5, 0.6) is 5.75 Å². The Morgan fingerprint density at radius 2 is 1.97 bits per heavy atom. The van der Waals surface area contributed by atoms with Crippen molar-refractivity contribution in [1.29, 1.82) is 0 Å². The van der Waals surface area contributed by atoms with Gasteiger partial charge in [-0.3, -0.25) is 9.78 Å². The van der Waals surface area contributed by atoms with Crippen molar-refractivity contribution < 1.29 is 17.9 Å². The molecule has 1 aliphatic heterocycles. The molecule has 0 unspecified atom stereocenters. The zero-order valence-electron chi connectivity index (χ0n) is 17.8. The average molecular weight is 444 g/mol. The van der Waals surface area contributed by atoms with Crippen molar-refractivity contribution in [1.82, 2.24) is 14.6 Å². The summed E-state index contributed by atoms with van der Waals surface area (Å²) in [6, 6.07) is 10.8. The molecule has 1 spiro atoms. The Hall–Kier alpha value is -2.45. The molecule has 7 nitrogen and oxygen atoms in total. The fourth-order valence-electron chi connectivity index (χ4n) is 5.03. The lowest BCUT2D eigenvalue weighted by molar-refractivity contribution is -0.128. The minimum absolute atomic E-state index is 0.0864. The standard InChI is InChI=1S/C23H29N3O4S/c1-30-21-10-4-3-8-18(21)14-25-22(27)20-16-26(17-23(20)11-5-2-6-12-23)31(28,29)19-9-7-13-24-15-19/h3-4,7-10,13,15,20H,2,5-6,11-12,14,16-17H2,1H3,(H,25,27)/t20-/m0/s1. The predicted molar refractivity (Wildman–Crippen MR) is 117 cm³/mol. The normalized spacial score (nSPS) is 21.1. The van der Waals surface area contributed by atoms with E-state index in [1.807, 2.05) is 24.3 Å². The lowest BCUT2D eigenvalue weighted by atomic mass is 9.67. The van der Waals surface area contributed by atoms with Gasteiger partial charge in [-0.25, -0.2) is 8.42 Å². The molecule has 2 heterocycles. The fraction of sp³-hybridized carbons (Fsp3) is 0.478. The number of nitrogens with one attached hydrogen (secondary N) is 1. The minimum atomic E-state index is -3.69. The van der Waals surface area contributed by atoms with E-state index in [0.29, 0.717) is 13.1 Å². The van der Waals surface area contributed by atoms with E-state index in [1.54, 1.807) is 25.4 Å². The van der Waals surface area contributed by atoms with Gasteiger partial charge in [0.15, 0.2) is 0 Å². The van der Waals surface area contributed by atoms with E-state index in [-0.39, 0.29) is 28.7 Å². The molecule has 2 fully saturated rings. The van der Waals surface area contributed by atoms with Crippen molar-refractivity contribution in [3.05, 3.63) is 54.4 Å². The second-order valence-electron chi connectivity index (χ2n) is 8.49. The van der Waals surface area contributed by atoms with Gasteiger partial charge in [-0.2, -0.15) is 4.31 Å². The van der Waals surface area contributed by atoms with Gasteiger partial charge >= 0.3 is 0 Å². The number of carbonyl (C=O) groups is 1. The van der Waals surface area contributed by atoms with Gasteiger partial charge in [0, 0.05) is 37.6 Å². The maximum Gasteiger partial charge on any atom is 0.244 e. The fourth-order valence-corrected chi connectivity index (χ4v) is 6.55. The van der Waals surface area contributed by atoms with Crippen molar-refractivity contribution in [3.63, 3.8) is 0 Å². The molecule has 0 bridgehead atoms. The van der Waals surface area contributed by atoms with Crippen LogP contribution in [0.25, 0.3) is 0 Å². The molecule has 166 valence electrons. The molecule has 1 N–H and O–H groups in total. The first kappa shape index (κ1) is 21.8. The second-order valence-corrected chi connectivity index (χ2v) is 10.4. The van der Waals surface area contributed by atoms with Gasteiger partial charge in [0.05, 0.1) is 13.0 Å². The zero-order valence-corrected chi connectivity index (χ0v) is 18.6. The van der Waals surface area contributed by atoms with Crippen molar-refractivity contribution in [2.75, 3.05) is 20.2 Å². The van der Waals surface area contributed by atoms with Crippen LogP contribution in [-0.2, 0) is 21.4 Å². The largest absolute Gasteiger partial charge is 0.496 e. The van der Waals surface area contributed by atoms with E-state index in [2.05, 4.69) is 10.3 Å². The molecule has 0 radical (unpaired) electrons. The molecule has 4 rings (SSSR count). The molecular weight excluding hydrogens is 414 g/mol. The van der Waals surface area contributed by atoms with Gasteiger partial charge in [-0.15, -0.1) is 0 Å². The highest BCUT2D eigenvalue weighted by Crippen LogP contribution is 2.48. The molecule has 31 heavy (non-hydrogen) atoms. The highest BCUT2D eigenvalue weighted by atomic mass is 32.2. The Morgan fingerprint density at radius 3 is 2.68 bits per heavy atom. The minimum Gasteiger partial charge on any atom is -0.496 e. The number of amides is 1. The molecule has 1 amide bonds. The average Bonchev–Trinajstić information content (AvgIpc) is 3.18. The van der Waals surface area contributed by atoms with Gasteiger partial charge in [-0.1, -0.05) is 37.5 Å². The van der Waals surface area contributed by atoms with Crippen molar-refractivity contribution >= 4 is 15.9 Å². The SMILES string of the molecule is COc1ccccc1CNC(=O)[C@@H]1CN(S(=O)(=O)c2cccnc2)CC12CCCCC2. The monoisotopic (exact) mass is 443 g/mol. The molecule has 1 aliphatic carbocycles. The number of ether oxygens (including phenoxy) is 1. The first-order chi connectivity index (χ1) is 15.0. The van der Waals surface area contributed by atoms with Gasteiger partial charge in [0.25, 0.3) is 0 Å². The lowest BCUT2D eigenvalue weighted by Crippen LogP contribution is -2.42. The number of pyridine rings is 1. The van der Waals surface area contributed by atoms with Crippen molar-refractivity contribution in [2.45, 2.75) is 43.5 Å². The van der Waals surface area contributed by atoms with Crippen LogP contribution >= 0.6 is 0 Å². The number of sulfonamides is 1. The summed E-state index contributed by atoms with van der Waals surface area (Å²) < 4.78 is 33.3. The van der Waals surface area contributed by atoms with Crippen LogP contribution in [-0.4, -0.2) is 43.8 Å². The number of aromatic nitrogens is 1. The molecule has 1 atom stereocenters. The Labute approximate surface area is 183 Å². The molecule has 1 saturated heterocycles. The summed E-state index contributed by atoms with van der Waals surface area (Å²) in [5.41, 5.74) is 0.590. The van der Waals surface area contributed by atoms with Gasteiger partial charge in [0.1, 0.15) is 10.6 Å². The Bertz CT molecular complexity index is 1020. The molecule has 8 heteroatoms. The number of nitrogens with zero attached hydrogens (tertiary/aromatic N) is 2. The number of carbonyl (C=O) groups excluding carboxylic acids is 1. The van der Waals surface area contributed by atoms with E-state index in [4.69, 9.17) is 4.74 Å². The molecule has 1 aromatic carbocycles. The van der Waals surface area contributed by atoms with E-state index >= 15 is 0 Å².